The minimum absolute atomic E-state index is 0.0907. The molecule has 140 valence electrons. The number of hydrogen-bond donors (Lipinski definition) is 1. The molecule has 6 nitrogen and oxygen atoms in total. The first-order valence-corrected chi connectivity index (χ1v) is 9.24. The van der Waals surface area contributed by atoms with Gasteiger partial charge in [0.25, 0.3) is 0 Å². The van der Waals surface area contributed by atoms with Crippen LogP contribution in [0.5, 0.6) is 0 Å². The van der Waals surface area contributed by atoms with E-state index in [9.17, 15) is 4.79 Å². The number of rotatable bonds is 6. The Kier molecular flexibility index (Phi) is 6.29. The van der Waals surface area contributed by atoms with Crippen LogP contribution < -0.4 is 0 Å². The largest absolute Gasteiger partial charge is 0.480 e. The molecular formula is C19H24ClN3O3. The van der Waals surface area contributed by atoms with Crippen LogP contribution in [0.25, 0.3) is 11.3 Å². The third-order valence-electron chi connectivity index (χ3n) is 4.82. The Hall–Kier alpha value is -1.89. The lowest BCUT2D eigenvalue weighted by Crippen LogP contribution is -2.36. The Balaban J connectivity index is 1.57. The molecule has 0 aliphatic carbocycles. The molecule has 0 spiro atoms. The molecule has 1 N–H and O–H groups in total. The summed E-state index contributed by atoms with van der Waals surface area (Å²) in [7, 11) is 1.89. The van der Waals surface area contributed by atoms with Crippen molar-refractivity contribution in [2.45, 2.75) is 31.8 Å². The van der Waals surface area contributed by atoms with E-state index in [4.69, 9.17) is 21.1 Å². The van der Waals surface area contributed by atoms with Crippen molar-refractivity contribution in [3.8, 4) is 11.3 Å². The van der Waals surface area contributed by atoms with Gasteiger partial charge in [0, 0.05) is 23.2 Å². The van der Waals surface area contributed by atoms with Gasteiger partial charge in [0.05, 0.1) is 19.3 Å². The number of hydrogen-bond acceptors (Lipinski definition) is 5. The number of carboxylic acid groups (broad SMARTS) is 1. The first-order valence-electron chi connectivity index (χ1n) is 8.86. The fourth-order valence-electron chi connectivity index (χ4n) is 3.43. The number of carbonyl (C=O) groups is 1. The molecule has 1 aromatic carbocycles. The van der Waals surface area contributed by atoms with Gasteiger partial charge in [0.15, 0.2) is 5.76 Å². The van der Waals surface area contributed by atoms with Crippen LogP contribution in [0.15, 0.2) is 34.9 Å². The van der Waals surface area contributed by atoms with Gasteiger partial charge in [-0.05, 0) is 45.0 Å². The Bertz CT molecular complexity index is 749. The van der Waals surface area contributed by atoms with Crippen molar-refractivity contribution >= 4 is 17.6 Å². The van der Waals surface area contributed by atoms with Crippen molar-refractivity contribution in [2.24, 2.45) is 0 Å². The van der Waals surface area contributed by atoms with E-state index in [0.29, 0.717) is 23.5 Å². The van der Waals surface area contributed by atoms with Gasteiger partial charge in [-0.25, -0.2) is 4.98 Å². The second kappa shape index (κ2) is 8.66. The van der Waals surface area contributed by atoms with E-state index in [2.05, 4.69) is 9.88 Å². The minimum atomic E-state index is -0.776. The van der Waals surface area contributed by atoms with Gasteiger partial charge in [-0.3, -0.25) is 14.6 Å². The second-order valence-corrected chi connectivity index (χ2v) is 7.23. The molecule has 0 saturated carbocycles. The fraction of sp³-hybridized carbons (Fsp3) is 0.474. The Morgan fingerprint density at radius 3 is 3.04 bits per heavy atom. The number of aromatic nitrogens is 1. The van der Waals surface area contributed by atoms with Crippen molar-refractivity contribution in [1.82, 2.24) is 14.8 Å². The molecule has 1 aromatic heterocycles. The Morgan fingerprint density at radius 2 is 2.27 bits per heavy atom. The van der Waals surface area contributed by atoms with Crippen LogP contribution in [-0.4, -0.2) is 58.6 Å². The summed E-state index contributed by atoms with van der Waals surface area (Å²) < 4.78 is 5.90. The SMILES string of the molecule is CN(CC(=O)O)C1CCCN(Cc2ncc(-c3cccc(Cl)c3)o2)CC1. The number of benzene rings is 1. The summed E-state index contributed by atoms with van der Waals surface area (Å²) >= 11 is 6.03. The molecule has 2 heterocycles. The number of aliphatic carboxylic acids is 1. The first kappa shape index (κ1) is 18.9. The van der Waals surface area contributed by atoms with E-state index in [1.165, 1.54) is 0 Å². The van der Waals surface area contributed by atoms with E-state index >= 15 is 0 Å². The molecule has 1 saturated heterocycles. The maximum atomic E-state index is 10.9. The van der Waals surface area contributed by atoms with E-state index in [1.807, 2.05) is 36.2 Å². The highest BCUT2D eigenvalue weighted by molar-refractivity contribution is 6.30. The number of oxazole rings is 1. The molecule has 1 aliphatic rings. The number of likely N-dealkylation sites (tertiary alicyclic amines) is 1. The second-order valence-electron chi connectivity index (χ2n) is 6.80. The van der Waals surface area contributed by atoms with Gasteiger partial charge in [-0.1, -0.05) is 23.7 Å². The zero-order valence-corrected chi connectivity index (χ0v) is 15.7. The normalized spacial score (nSPS) is 18.8. The van der Waals surface area contributed by atoms with Crippen LogP contribution in [0.2, 0.25) is 5.02 Å². The van der Waals surface area contributed by atoms with Crippen molar-refractivity contribution in [3.05, 3.63) is 41.4 Å². The van der Waals surface area contributed by atoms with Gasteiger partial charge < -0.3 is 9.52 Å². The Morgan fingerprint density at radius 1 is 1.42 bits per heavy atom. The van der Waals surface area contributed by atoms with Gasteiger partial charge in [0.2, 0.25) is 5.89 Å². The van der Waals surface area contributed by atoms with Crippen LogP contribution in [0.3, 0.4) is 0 Å². The summed E-state index contributed by atoms with van der Waals surface area (Å²) in [4.78, 5) is 19.6. The van der Waals surface area contributed by atoms with E-state index in [1.54, 1.807) is 6.20 Å². The standard InChI is InChI=1S/C19H24ClN3O3/c1-22(13-19(24)25)16-6-3-8-23(9-7-16)12-18-21-11-17(26-18)14-4-2-5-15(20)10-14/h2,4-5,10-11,16H,3,6-9,12-13H2,1H3,(H,24,25). The lowest BCUT2D eigenvalue weighted by Gasteiger charge is -2.25. The molecule has 3 rings (SSSR count). The quantitative estimate of drug-likeness (QED) is 0.832. The molecule has 2 aromatic rings. The first-order chi connectivity index (χ1) is 12.5. The summed E-state index contributed by atoms with van der Waals surface area (Å²) in [6, 6.07) is 7.84. The average Bonchev–Trinajstić information content (AvgIpc) is 2.92. The molecule has 1 unspecified atom stereocenters. The molecule has 1 atom stereocenters. The van der Waals surface area contributed by atoms with E-state index in [-0.39, 0.29) is 6.54 Å². The topological polar surface area (TPSA) is 69.8 Å². The number of likely N-dealkylation sites (N-methyl/N-ethyl adjacent to an activating group) is 1. The zero-order chi connectivity index (χ0) is 18.5. The van der Waals surface area contributed by atoms with Crippen molar-refractivity contribution in [3.63, 3.8) is 0 Å². The van der Waals surface area contributed by atoms with Crippen LogP contribution in [0.4, 0.5) is 0 Å². The predicted molar refractivity (Wildman–Crippen MR) is 100 cm³/mol. The third kappa shape index (κ3) is 5.06. The fourth-order valence-corrected chi connectivity index (χ4v) is 3.62. The summed E-state index contributed by atoms with van der Waals surface area (Å²) in [5.74, 6) is 0.635. The van der Waals surface area contributed by atoms with Gasteiger partial charge in [-0.2, -0.15) is 0 Å². The van der Waals surface area contributed by atoms with Crippen LogP contribution in [-0.2, 0) is 11.3 Å². The third-order valence-corrected chi connectivity index (χ3v) is 5.05. The number of carboxylic acids is 1. The van der Waals surface area contributed by atoms with Crippen molar-refractivity contribution < 1.29 is 14.3 Å². The summed E-state index contributed by atoms with van der Waals surface area (Å²) in [5, 5.41) is 9.63. The lowest BCUT2D eigenvalue weighted by molar-refractivity contribution is -0.138. The summed E-state index contributed by atoms with van der Waals surface area (Å²) in [5.41, 5.74) is 0.919. The maximum Gasteiger partial charge on any atom is 0.317 e. The Labute approximate surface area is 158 Å². The molecule has 1 aliphatic heterocycles. The van der Waals surface area contributed by atoms with Crippen molar-refractivity contribution in [2.75, 3.05) is 26.7 Å². The lowest BCUT2D eigenvalue weighted by atomic mass is 10.1. The molecule has 0 amide bonds. The highest BCUT2D eigenvalue weighted by Gasteiger charge is 2.22. The van der Waals surface area contributed by atoms with Gasteiger partial charge in [0.1, 0.15) is 0 Å². The van der Waals surface area contributed by atoms with Gasteiger partial charge in [-0.15, -0.1) is 0 Å². The van der Waals surface area contributed by atoms with Crippen molar-refractivity contribution in [1.29, 1.82) is 0 Å². The smallest absolute Gasteiger partial charge is 0.317 e. The highest BCUT2D eigenvalue weighted by atomic mass is 35.5. The van der Waals surface area contributed by atoms with Crippen LogP contribution in [0, 0.1) is 0 Å². The molecule has 0 radical (unpaired) electrons. The predicted octanol–water partition coefficient (Wildman–Crippen LogP) is 3.37. The summed E-state index contributed by atoms with van der Waals surface area (Å²) in [6.07, 6.45) is 4.74. The zero-order valence-electron chi connectivity index (χ0n) is 14.9. The number of nitrogens with zero attached hydrogens (tertiary/aromatic N) is 3. The highest BCUT2D eigenvalue weighted by Crippen LogP contribution is 2.24. The average molecular weight is 378 g/mol. The van der Waals surface area contributed by atoms with Crippen LogP contribution >= 0.6 is 11.6 Å². The molecular weight excluding hydrogens is 354 g/mol. The summed E-state index contributed by atoms with van der Waals surface area (Å²) in [6.45, 7) is 2.62. The monoisotopic (exact) mass is 377 g/mol. The molecule has 26 heavy (non-hydrogen) atoms. The molecule has 7 heteroatoms. The van der Waals surface area contributed by atoms with Gasteiger partial charge >= 0.3 is 5.97 Å². The number of halogens is 1. The maximum absolute atomic E-state index is 10.9. The van der Waals surface area contributed by atoms with E-state index < -0.39 is 5.97 Å². The van der Waals surface area contributed by atoms with Crippen LogP contribution in [0.1, 0.15) is 25.2 Å². The van der Waals surface area contributed by atoms with E-state index in [0.717, 1.165) is 43.7 Å². The minimum Gasteiger partial charge on any atom is -0.480 e. The molecule has 0 bridgehead atoms. The molecule has 1 fully saturated rings.